The Bertz CT molecular complexity index is 844. The van der Waals surface area contributed by atoms with E-state index in [1.165, 1.54) is 24.6 Å². The Morgan fingerprint density at radius 1 is 1.00 bits per heavy atom. The van der Waals surface area contributed by atoms with Crippen molar-refractivity contribution in [1.29, 1.82) is 0 Å². The first-order chi connectivity index (χ1) is 12.8. The second kappa shape index (κ2) is 8.98. The van der Waals surface area contributed by atoms with Crippen LogP contribution in [0.1, 0.15) is 46.9 Å². The van der Waals surface area contributed by atoms with Crippen LogP contribution in [-0.4, -0.2) is 24.4 Å². The van der Waals surface area contributed by atoms with Crippen molar-refractivity contribution in [3.05, 3.63) is 64.7 Å². The van der Waals surface area contributed by atoms with Crippen molar-refractivity contribution in [2.24, 2.45) is 0 Å². The maximum absolute atomic E-state index is 12.1. The maximum atomic E-state index is 12.1. The number of hydrogen-bond donors (Lipinski definition) is 2. The molecule has 27 heavy (non-hydrogen) atoms. The molecular weight excluding hydrogens is 344 g/mol. The smallest absolute Gasteiger partial charge is 0.338 e. The summed E-state index contributed by atoms with van der Waals surface area (Å²) < 4.78 is 5.05. The molecule has 0 fully saturated rings. The number of ether oxygens (including phenoxy) is 1. The van der Waals surface area contributed by atoms with Gasteiger partial charge in [-0.1, -0.05) is 18.2 Å². The standard InChI is InChI=1S/C21H24N2O4/c1-13-5-6-18(11-14(13)2)15(3)22-20(25)12-27-21(26)17-7-9-19(10-8-17)23-16(4)24/h5-11,15H,12H2,1-4H3,(H,22,25)(H,23,24)/t15-/m1/s1. The highest BCUT2D eigenvalue weighted by Gasteiger charge is 2.13. The number of carbonyl (C=O) groups excluding carboxylic acids is 3. The lowest BCUT2D eigenvalue weighted by atomic mass is 10.0. The van der Waals surface area contributed by atoms with Crippen LogP contribution in [0.25, 0.3) is 0 Å². The fourth-order valence-electron chi connectivity index (χ4n) is 2.51. The van der Waals surface area contributed by atoms with E-state index in [0.717, 1.165) is 11.1 Å². The van der Waals surface area contributed by atoms with Gasteiger partial charge < -0.3 is 15.4 Å². The summed E-state index contributed by atoms with van der Waals surface area (Å²) in [6.45, 7) is 6.97. The van der Waals surface area contributed by atoms with Gasteiger partial charge in [0.25, 0.3) is 5.91 Å². The fraction of sp³-hybridized carbons (Fsp3) is 0.286. The van der Waals surface area contributed by atoms with Gasteiger partial charge in [-0.3, -0.25) is 9.59 Å². The Morgan fingerprint density at radius 2 is 1.67 bits per heavy atom. The van der Waals surface area contributed by atoms with E-state index in [1.807, 2.05) is 39.0 Å². The zero-order chi connectivity index (χ0) is 20.0. The molecule has 1 atom stereocenters. The summed E-state index contributed by atoms with van der Waals surface area (Å²) in [5.41, 5.74) is 4.22. The molecule has 0 unspecified atom stereocenters. The van der Waals surface area contributed by atoms with Gasteiger partial charge in [0.05, 0.1) is 11.6 Å². The topological polar surface area (TPSA) is 84.5 Å². The highest BCUT2D eigenvalue weighted by atomic mass is 16.5. The quantitative estimate of drug-likeness (QED) is 0.766. The zero-order valence-electron chi connectivity index (χ0n) is 16.0. The molecule has 0 aliphatic heterocycles. The summed E-state index contributed by atoms with van der Waals surface area (Å²) in [7, 11) is 0. The van der Waals surface area contributed by atoms with Gasteiger partial charge >= 0.3 is 5.97 Å². The van der Waals surface area contributed by atoms with Crippen molar-refractivity contribution in [2.75, 3.05) is 11.9 Å². The summed E-state index contributed by atoms with van der Waals surface area (Å²) in [5, 5.41) is 5.43. The molecule has 2 N–H and O–H groups in total. The number of rotatable bonds is 6. The predicted molar refractivity (Wildman–Crippen MR) is 104 cm³/mol. The Balaban J connectivity index is 1.86. The molecule has 0 saturated heterocycles. The average molecular weight is 368 g/mol. The van der Waals surface area contributed by atoms with E-state index in [9.17, 15) is 14.4 Å². The molecule has 0 aromatic heterocycles. The maximum Gasteiger partial charge on any atom is 0.338 e. The summed E-state index contributed by atoms with van der Waals surface area (Å²) >= 11 is 0. The van der Waals surface area contributed by atoms with E-state index in [2.05, 4.69) is 10.6 Å². The van der Waals surface area contributed by atoms with Crippen molar-refractivity contribution in [2.45, 2.75) is 33.7 Å². The summed E-state index contributed by atoms with van der Waals surface area (Å²) in [6, 6.07) is 12.1. The number of hydrogen-bond acceptors (Lipinski definition) is 4. The lowest BCUT2D eigenvalue weighted by Gasteiger charge is -2.16. The molecule has 6 heteroatoms. The monoisotopic (exact) mass is 368 g/mol. The minimum Gasteiger partial charge on any atom is -0.452 e. The van der Waals surface area contributed by atoms with Crippen LogP contribution in [0.3, 0.4) is 0 Å². The third kappa shape index (κ3) is 5.95. The van der Waals surface area contributed by atoms with Gasteiger partial charge in [-0.15, -0.1) is 0 Å². The van der Waals surface area contributed by atoms with Gasteiger partial charge in [0.2, 0.25) is 5.91 Å². The molecule has 0 bridgehead atoms. The fourth-order valence-corrected chi connectivity index (χ4v) is 2.51. The molecule has 2 aromatic carbocycles. The first kappa shape index (κ1) is 20.2. The molecule has 2 amide bonds. The molecular formula is C21H24N2O4. The molecule has 0 saturated carbocycles. The third-order valence-corrected chi connectivity index (χ3v) is 4.18. The summed E-state index contributed by atoms with van der Waals surface area (Å²) in [5.74, 6) is -1.16. The number of aryl methyl sites for hydroxylation is 2. The van der Waals surface area contributed by atoms with E-state index < -0.39 is 5.97 Å². The van der Waals surface area contributed by atoms with Crippen molar-refractivity contribution in [3.8, 4) is 0 Å². The van der Waals surface area contributed by atoms with Gasteiger partial charge in [0.1, 0.15) is 0 Å². The van der Waals surface area contributed by atoms with E-state index in [1.54, 1.807) is 12.1 Å². The number of anilines is 1. The van der Waals surface area contributed by atoms with E-state index in [4.69, 9.17) is 4.74 Å². The van der Waals surface area contributed by atoms with Crippen LogP contribution in [-0.2, 0) is 14.3 Å². The van der Waals surface area contributed by atoms with Crippen LogP contribution in [0.5, 0.6) is 0 Å². The molecule has 2 rings (SSSR count). The molecule has 6 nitrogen and oxygen atoms in total. The van der Waals surface area contributed by atoms with Crippen molar-refractivity contribution < 1.29 is 19.1 Å². The van der Waals surface area contributed by atoms with Crippen LogP contribution < -0.4 is 10.6 Å². The molecule has 0 aliphatic carbocycles. The first-order valence-corrected chi connectivity index (χ1v) is 8.67. The van der Waals surface area contributed by atoms with Gasteiger partial charge in [-0.05, 0) is 61.7 Å². The largest absolute Gasteiger partial charge is 0.452 e. The van der Waals surface area contributed by atoms with Crippen molar-refractivity contribution in [1.82, 2.24) is 5.32 Å². The van der Waals surface area contributed by atoms with E-state index >= 15 is 0 Å². The molecule has 0 radical (unpaired) electrons. The molecule has 0 spiro atoms. The number of esters is 1. The normalized spacial score (nSPS) is 11.4. The van der Waals surface area contributed by atoms with Gasteiger partial charge in [0, 0.05) is 12.6 Å². The van der Waals surface area contributed by atoms with Gasteiger partial charge in [0.15, 0.2) is 6.61 Å². The zero-order valence-corrected chi connectivity index (χ0v) is 16.0. The van der Waals surface area contributed by atoms with Crippen molar-refractivity contribution in [3.63, 3.8) is 0 Å². The van der Waals surface area contributed by atoms with Gasteiger partial charge in [-0.2, -0.15) is 0 Å². The highest BCUT2D eigenvalue weighted by molar-refractivity contribution is 5.93. The predicted octanol–water partition coefficient (Wildman–Crippen LogP) is 3.30. The summed E-state index contributed by atoms with van der Waals surface area (Å²) in [6.07, 6.45) is 0. The third-order valence-electron chi connectivity index (χ3n) is 4.18. The van der Waals surface area contributed by atoms with Crippen LogP contribution >= 0.6 is 0 Å². The van der Waals surface area contributed by atoms with Crippen LogP contribution in [0.15, 0.2) is 42.5 Å². The van der Waals surface area contributed by atoms with Gasteiger partial charge in [-0.25, -0.2) is 4.79 Å². The number of nitrogens with one attached hydrogen (secondary N) is 2. The van der Waals surface area contributed by atoms with Crippen LogP contribution in [0.4, 0.5) is 5.69 Å². The van der Waals surface area contributed by atoms with Crippen molar-refractivity contribution >= 4 is 23.5 Å². The number of amides is 2. The van der Waals surface area contributed by atoms with E-state index in [0.29, 0.717) is 11.3 Å². The lowest BCUT2D eigenvalue weighted by Crippen LogP contribution is -2.31. The second-order valence-corrected chi connectivity index (χ2v) is 6.47. The molecule has 142 valence electrons. The van der Waals surface area contributed by atoms with E-state index in [-0.39, 0.29) is 24.5 Å². The number of carbonyl (C=O) groups is 3. The SMILES string of the molecule is CC(=O)Nc1ccc(C(=O)OCC(=O)N[C@H](C)c2ccc(C)c(C)c2)cc1. The minimum atomic E-state index is -0.599. The Hall–Kier alpha value is -3.15. The minimum absolute atomic E-state index is 0.188. The number of benzene rings is 2. The first-order valence-electron chi connectivity index (χ1n) is 8.67. The second-order valence-electron chi connectivity index (χ2n) is 6.47. The molecule has 0 aliphatic rings. The Kier molecular flexibility index (Phi) is 6.71. The van der Waals surface area contributed by atoms with Crippen LogP contribution in [0.2, 0.25) is 0 Å². The van der Waals surface area contributed by atoms with Crippen LogP contribution in [0, 0.1) is 13.8 Å². The molecule has 0 heterocycles. The summed E-state index contributed by atoms with van der Waals surface area (Å²) in [4.78, 5) is 35.1. The lowest BCUT2D eigenvalue weighted by molar-refractivity contribution is -0.124. The Morgan fingerprint density at radius 3 is 2.26 bits per heavy atom. The Labute approximate surface area is 158 Å². The average Bonchev–Trinajstić information content (AvgIpc) is 2.62. The molecule has 2 aromatic rings. The highest BCUT2D eigenvalue weighted by Crippen LogP contribution is 2.16.